The van der Waals surface area contributed by atoms with Crippen molar-refractivity contribution < 1.29 is 19.2 Å². The molecule has 2 unspecified atom stereocenters. The minimum atomic E-state index is -0.720. The van der Waals surface area contributed by atoms with Crippen LogP contribution >= 0.6 is 11.6 Å². The van der Waals surface area contributed by atoms with Crippen LogP contribution in [-0.2, 0) is 14.4 Å². The first-order valence-corrected chi connectivity index (χ1v) is 13.2. The summed E-state index contributed by atoms with van der Waals surface area (Å²) in [5, 5.41) is 3.20. The van der Waals surface area contributed by atoms with Gasteiger partial charge >= 0.3 is 0 Å². The van der Waals surface area contributed by atoms with Crippen molar-refractivity contribution >= 4 is 46.1 Å². The van der Waals surface area contributed by atoms with Crippen LogP contribution in [0.5, 0.6) is 0 Å². The zero-order valence-electron chi connectivity index (χ0n) is 21.2. The van der Waals surface area contributed by atoms with Gasteiger partial charge in [0.1, 0.15) is 5.52 Å². The fourth-order valence-electron chi connectivity index (χ4n) is 5.49. The third-order valence-corrected chi connectivity index (χ3v) is 7.59. The zero-order chi connectivity index (χ0) is 27.0. The Balaban J connectivity index is 1.65. The van der Waals surface area contributed by atoms with E-state index in [-0.39, 0.29) is 23.9 Å². The average molecular weight is 539 g/mol. The highest BCUT2D eigenvalue weighted by Gasteiger charge is 2.36. The van der Waals surface area contributed by atoms with Crippen LogP contribution in [0.3, 0.4) is 0 Å². The largest absolute Gasteiger partial charge is 0.398 e. The number of aromatic nitrogens is 2. The molecule has 3 aliphatic heterocycles. The summed E-state index contributed by atoms with van der Waals surface area (Å²) >= 11 is 6.61. The summed E-state index contributed by atoms with van der Waals surface area (Å²) in [6.45, 7) is 7.28. The van der Waals surface area contributed by atoms with Crippen molar-refractivity contribution in [1.29, 1.82) is 0 Å². The van der Waals surface area contributed by atoms with Gasteiger partial charge < -0.3 is 25.7 Å². The Morgan fingerprint density at radius 1 is 1.29 bits per heavy atom. The maximum absolute atomic E-state index is 12.6. The van der Waals surface area contributed by atoms with E-state index in [1.54, 1.807) is 18.2 Å². The Bertz CT molecular complexity index is 1360. The third-order valence-electron chi connectivity index (χ3n) is 7.29. The first-order valence-electron chi connectivity index (χ1n) is 12.8. The van der Waals surface area contributed by atoms with Crippen LogP contribution in [0, 0.1) is 0 Å². The molecule has 200 valence electrons. The minimum Gasteiger partial charge on any atom is -0.398 e. The topological polar surface area (TPSA) is 123 Å². The van der Waals surface area contributed by atoms with E-state index in [1.807, 2.05) is 24.0 Å². The third kappa shape index (κ3) is 4.76. The van der Waals surface area contributed by atoms with Gasteiger partial charge in [0, 0.05) is 43.7 Å². The van der Waals surface area contributed by atoms with E-state index < -0.39 is 12.0 Å². The predicted molar refractivity (Wildman–Crippen MR) is 144 cm³/mol. The van der Waals surface area contributed by atoms with Gasteiger partial charge in [-0.3, -0.25) is 14.4 Å². The van der Waals surface area contributed by atoms with E-state index in [4.69, 9.17) is 27.2 Å². The van der Waals surface area contributed by atoms with E-state index in [0.717, 1.165) is 19.3 Å². The molecule has 10 nitrogen and oxygen atoms in total. The van der Waals surface area contributed by atoms with Gasteiger partial charge in [-0.1, -0.05) is 24.2 Å². The van der Waals surface area contributed by atoms with E-state index in [2.05, 4.69) is 16.8 Å². The molecule has 11 heteroatoms. The molecule has 5 rings (SSSR count). The molecular formula is C27H31ClN6O4. The van der Waals surface area contributed by atoms with Crippen molar-refractivity contribution in [2.24, 2.45) is 5.73 Å². The number of rotatable bonds is 6. The SMILES string of the molecule is C=CC(=O)N1CCCC[C@@H](N2C(c3nc4cccc(Cl)c4n3OC3CCNC3=O)=CC(C(N)=O)=CC2C)C1. The summed E-state index contributed by atoms with van der Waals surface area (Å²) in [7, 11) is 0. The normalized spacial score (nSPS) is 23.9. The molecule has 0 radical (unpaired) electrons. The molecule has 2 fully saturated rings. The van der Waals surface area contributed by atoms with Crippen LogP contribution in [0.25, 0.3) is 16.7 Å². The van der Waals surface area contributed by atoms with Crippen molar-refractivity contribution in [3.05, 3.63) is 59.4 Å². The standard InChI is InChI=1S/C27H31ClN6O4/c1-3-23(35)32-12-5-4-7-18(15-32)33-16(2)13-17(25(29)36)14-21(33)26-31-20-9-6-8-19(28)24(20)34(26)38-22-10-11-30-27(22)37/h3,6,8-9,13-14,16,18,22H,1,4-5,7,10-12,15H2,2H3,(H2,29,36)(H,30,37)/t16?,18-,22?/m1/s1. The minimum absolute atomic E-state index is 0.0770. The highest BCUT2D eigenvalue weighted by atomic mass is 35.5. The lowest BCUT2D eigenvalue weighted by molar-refractivity contribution is -0.129. The van der Waals surface area contributed by atoms with Crippen molar-refractivity contribution in [2.75, 3.05) is 19.6 Å². The molecule has 0 spiro atoms. The molecule has 3 aliphatic rings. The molecule has 1 aromatic heterocycles. The Hall–Kier alpha value is -3.79. The summed E-state index contributed by atoms with van der Waals surface area (Å²) in [5.74, 6) is -0.490. The fraction of sp³-hybridized carbons (Fsp3) is 0.407. The summed E-state index contributed by atoms with van der Waals surface area (Å²) in [6.07, 6.45) is 7.28. The van der Waals surface area contributed by atoms with Crippen LogP contribution in [0.2, 0.25) is 5.02 Å². The molecule has 2 saturated heterocycles. The number of primary amides is 1. The van der Waals surface area contributed by atoms with Gasteiger partial charge in [-0.05, 0) is 56.5 Å². The van der Waals surface area contributed by atoms with Crippen molar-refractivity contribution in [3.63, 3.8) is 0 Å². The average Bonchev–Trinajstić information content (AvgIpc) is 3.38. The monoisotopic (exact) mass is 538 g/mol. The quantitative estimate of drug-likeness (QED) is 0.543. The van der Waals surface area contributed by atoms with Gasteiger partial charge in [0.25, 0.3) is 5.91 Å². The van der Waals surface area contributed by atoms with Gasteiger partial charge in [-0.25, -0.2) is 4.98 Å². The summed E-state index contributed by atoms with van der Waals surface area (Å²) in [5.41, 5.74) is 7.78. The Morgan fingerprint density at radius 2 is 2.11 bits per heavy atom. The highest BCUT2D eigenvalue weighted by Crippen LogP contribution is 2.35. The molecule has 2 aromatic rings. The molecule has 1 aromatic carbocycles. The summed E-state index contributed by atoms with van der Waals surface area (Å²) in [6, 6.07) is 5.03. The molecule has 0 saturated carbocycles. The van der Waals surface area contributed by atoms with Gasteiger partial charge in [-0.15, -0.1) is 0 Å². The molecule has 4 heterocycles. The first kappa shape index (κ1) is 25.8. The van der Waals surface area contributed by atoms with Gasteiger partial charge in [0.15, 0.2) is 5.82 Å². The number of para-hydroxylation sites is 1. The fourth-order valence-corrected chi connectivity index (χ4v) is 5.74. The van der Waals surface area contributed by atoms with Crippen LogP contribution in [0.15, 0.2) is 48.6 Å². The number of amides is 3. The van der Waals surface area contributed by atoms with Gasteiger partial charge in [0.2, 0.25) is 17.9 Å². The molecular weight excluding hydrogens is 508 g/mol. The highest BCUT2D eigenvalue weighted by molar-refractivity contribution is 6.35. The summed E-state index contributed by atoms with van der Waals surface area (Å²) in [4.78, 5) is 52.4. The lowest BCUT2D eigenvalue weighted by Gasteiger charge is -2.41. The Labute approximate surface area is 225 Å². The van der Waals surface area contributed by atoms with Gasteiger partial charge in [0.05, 0.1) is 16.2 Å². The van der Waals surface area contributed by atoms with E-state index in [9.17, 15) is 14.4 Å². The number of hydrogen-bond acceptors (Lipinski definition) is 6. The second-order valence-corrected chi connectivity index (χ2v) is 10.2. The van der Waals surface area contributed by atoms with Gasteiger partial charge in [-0.2, -0.15) is 4.73 Å². The summed E-state index contributed by atoms with van der Waals surface area (Å²) < 4.78 is 1.51. The molecule has 0 aliphatic carbocycles. The van der Waals surface area contributed by atoms with E-state index >= 15 is 0 Å². The first-order chi connectivity index (χ1) is 18.3. The number of nitrogens with zero attached hydrogens (tertiary/aromatic N) is 4. The maximum Gasteiger partial charge on any atom is 0.263 e. The number of likely N-dealkylation sites (tertiary alicyclic amines) is 1. The smallest absolute Gasteiger partial charge is 0.263 e. The van der Waals surface area contributed by atoms with Crippen molar-refractivity contribution in [3.8, 4) is 0 Å². The molecule has 38 heavy (non-hydrogen) atoms. The lowest BCUT2D eigenvalue weighted by atomic mass is 9.98. The van der Waals surface area contributed by atoms with E-state index in [1.165, 1.54) is 10.8 Å². The number of carbonyl (C=O) groups excluding carboxylic acids is 3. The number of halogens is 1. The maximum atomic E-state index is 12.6. The van der Waals surface area contributed by atoms with Crippen LogP contribution in [0.1, 0.15) is 38.4 Å². The van der Waals surface area contributed by atoms with Crippen LogP contribution in [-0.4, -0.2) is 75.1 Å². The number of nitrogens with one attached hydrogen (secondary N) is 1. The number of imidazole rings is 1. The zero-order valence-corrected chi connectivity index (χ0v) is 22.0. The second kappa shape index (κ2) is 10.5. The lowest BCUT2D eigenvalue weighted by Crippen LogP contribution is -2.48. The molecule has 0 bridgehead atoms. The predicted octanol–water partition coefficient (Wildman–Crippen LogP) is 2.03. The number of hydrogen-bond donors (Lipinski definition) is 2. The van der Waals surface area contributed by atoms with Crippen LogP contribution < -0.4 is 15.9 Å². The molecule has 3 atom stereocenters. The second-order valence-electron chi connectivity index (χ2n) is 9.81. The number of benzene rings is 1. The Morgan fingerprint density at radius 3 is 2.82 bits per heavy atom. The van der Waals surface area contributed by atoms with Crippen molar-refractivity contribution in [1.82, 2.24) is 24.8 Å². The van der Waals surface area contributed by atoms with Crippen LogP contribution in [0.4, 0.5) is 0 Å². The number of carbonyl (C=O) groups is 3. The van der Waals surface area contributed by atoms with Crippen molar-refractivity contribution in [2.45, 2.75) is 50.8 Å². The van der Waals surface area contributed by atoms with E-state index in [0.29, 0.717) is 59.2 Å². The molecule has 3 amide bonds. The molecule has 3 N–H and O–H groups in total. The number of fused-ring (bicyclic) bond motifs is 1. The Kier molecular flexibility index (Phi) is 7.16. The number of nitrogens with two attached hydrogens (primary N) is 1.